The van der Waals surface area contributed by atoms with Crippen molar-refractivity contribution in [2.24, 2.45) is 0 Å². The summed E-state index contributed by atoms with van der Waals surface area (Å²) in [4.78, 5) is 8.49. The van der Waals surface area contributed by atoms with E-state index >= 15 is 0 Å². The van der Waals surface area contributed by atoms with Crippen LogP contribution in [0.25, 0.3) is 0 Å². The first kappa shape index (κ1) is 14.3. The normalized spacial score (nSPS) is 9.85. The Bertz CT molecular complexity index is 636. The molecule has 0 radical (unpaired) electrons. The first-order chi connectivity index (χ1) is 9.72. The maximum absolute atomic E-state index is 9.14. The van der Waals surface area contributed by atoms with Crippen molar-refractivity contribution in [1.29, 1.82) is 5.26 Å². The number of nitriles is 1. The lowest BCUT2D eigenvalue weighted by atomic mass is 10.2. The van der Waals surface area contributed by atoms with Crippen LogP contribution in [0.2, 0.25) is 0 Å². The first-order valence-electron chi connectivity index (χ1n) is 6.26. The lowest BCUT2D eigenvalue weighted by Gasteiger charge is -2.09. The molecular weight excluding hydrogens is 318 g/mol. The number of nitrogens with zero attached hydrogens (tertiary/aromatic N) is 3. The quantitative estimate of drug-likeness (QED) is 0.874. The number of benzene rings is 1. The molecule has 1 aromatic carbocycles. The second-order valence-electron chi connectivity index (χ2n) is 4.12. The van der Waals surface area contributed by atoms with Gasteiger partial charge in [-0.15, -0.1) is 0 Å². The van der Waals surface area contributed by atoms with Gasteiger partial charge >= 0.3 is 0 Å². The smallest absolute Gasteiger partial charge is 0.224 e. The van der Waals surface area contributed by atoms with Gasteiger partial charge in [0, 0.05) is 17.2 Å². The summed E-state index contributed by atoms with van der Waals surface area (Å²) in [6, 6.07) is 9.39. The summed E-state index contributed by atoms with van der Waals surface area (Å²) in [5, 5.41) is 15.4. The molecule has 1 heterocycles. The fourth-order valence-corrected chi connectivity index (χ4v) is 1.97. The van der Waals surface area contributed by atoms with Crippen molar-refractivity contribution in [3.8, 4) is 6.07 Å². The average molecular weight is 332 g/mol. The summed E-state index contributed by atoms with van der Waals surface area (Å²) in [5.74, 6) is 1.23. The third-order valence-electron chi connectivity index (χ3n) is 2.55. The Morgan fingerprint density at radius 3 is 2.95 bits per heavy atom. The van der Waals surface area contributed by atoms with Crippen molar-refractivity contribution >= 4 is 33.4 Å². The Labute approximate surface area is 126 Å². The summed E-state index contributed by atoms with van der Waals surface area (Å²) >= 11 is 3.35. The molecule has 0 saturated heterocycles. The highest BCUT2D eigenvalue weighted by Crippen LogP contribution is 2.23. The summed E-state index contributed by atoms with van der Waals surface area (Å²) in [7, 11) is 0. The summed E-state index contributed by atoms with van der Waals surface area (Å²) < 4.78 is 0.868. The van der Waals surface area contributed by atoms with Crippen molar-refractivity contribution in [2.75, 3.05) is 17.2 Å². The summed E-state index contributed by atoms with van der Waals surface area (Å²) in [6.07, 6.45) is 2.69. The van der Waals surface area contributed by atoms with Gasteiger partial charge in [-0.1, -0.05) is 22.9 Å². The minimum Gasteiger partial charge on any atom is -0.354 e. The lowest BCUT2D eigenvalue weighted by molar-refractivity contribution is 0.953. The zero-order chi connectivity index (χ0) is 14.4. The highest BCUT2D eigenvalue weighted by Gasteiger charge is 2.05. The molecule has 0 amide bonds. The van der Waals surface area contributed by atoms with Gasteiger partial charge in [0.25, 0.3) is 0 Å². The zero-order valence-electron chi connectivity index (χ0n) is 11.0. The molecule has 0 bridgehead atoms. The van der Waals surface area contributed by atoms with E-state index in [1.165, 1.54) is 0 Å². The predicted octanol–water partition coefficient (Wildman–Crippen LogP) is 3.68. The second kappa shape index (κ2) is 6.87. The average Bonchev–Trinajstić information content (AvgIpc) is 2.47. The maximum atomic E-state index is 9.14. The van der Waals surface area contributed by atoms with E-state index in [9.17, 15) is 0 Å². The molecule has 2 N–H and O–H groups in total. The van der Waals surface area contributed by atoms with E-state index in [1.807, 2.05) is 12.1 Å². The van der Waals surface area contributed by atoms with Crippen LogP contribution in [0.3, 0.4) is 0 Å². The van der Waals surface area contributed by atoms with Gasteiger partial charge in [-0.2, -0.15) is 10.2 Å². The topological polar surface area (TPSA) is 73.6 Å². The fraction of sp³-hybridized carbons (Fsp3) is 0.214. The Hall–Kier alpha value is -2.13. The van der Waals surface area contributed by atoms with Crippen molar-refractivity contribution < 1.29 is 0 Å². The van der Waals surface area contributed by atoms with Crippen LogP contribution < -0.4 is 10.6 Å². The van der Waals surface area contributed by atoms with Gasteiger partial charge in [-0.3, -0.25) is 0 Å². The number of hydrogen-bond donors (Lipinski definition) is 2. The SMILES string of the molecule is CCCNc1nccc(Nc2ccc(Br)cc2C#N)n1. The molecule has 0 aliphatic heterocycles. The number of rotatable bonds is 5. The van der Waals surface area contributed by atoms with Crippen LogP contribution in [-0.2, 0) is 0 Å². The third-order valence-corrected chi connectivity index (χ3v) is 3.05. The molecule has 0 unspecified atom stereocenters. The van der Waals surface area contributed by atoms with E-state index in [-0.39, 0.29) is 0 Å². The van der Waals surface area contributed by atoms with Crippen molar-refractivity contribution in [2.45, 2.75) is 13.3 Å². The van der Waals surface area contributed by atoms with Crippen LogP contribution in [-0.4, -0.2) is 16.5 Å². The van der Waals surface area contributed by atoms with E-state index in [0.717, 1.165) is 23.1 Å². The zero-order valence-corrected chi connectivity index (χ0v) is 12.6. The molecule has 2 aromatic rings. The molecule has 20 heavy (non-hydrogen) atoms. The Kier molecular flexibility index (Phi) is 4.91. The highest BCUT2D eigenvalue weighted by atomic mass is 79.9. The maximum Gasteiger partial charge on any atom is 0.224 e. The van der Waals surface area contributed by atoms with E-state index in [0.29, 0.717) is 17.3 Å². The molecule has 0 atom stereocenters. The van der Waals surface area contributed by atoms with Crippen LogP contribution in [0.5, 0.6) is 0 Å². The number of anilines is 3. The number of halogens is 1. The molecule has 0 fully saturated rings. The molecule has 1 aromatic heterocycles. The fourth-order valence-electron chi connectivity index (χ4n) is 1.61. The number of hydrogen-bond acceptors (Lipinski definition) is 5. The number of nitrogens with one attached hydrogen (secondary N) is 2. The Morgan fingerprint density at radius 1 is 1.35 bits per heavy atom. The molecule has 6 heteroatoms. The summed E-state index contributed by atoms with van der Waals surface area (Å²) in [5.41, 5.74) is 1.27. The van der Waals surface area contributed by atoms with Gasteiger partial charge in [0.05, 0.1) is 11.3 Å². The van der Waals surface area contributed by atoms with Crippen LogP contribution in [0, 0.1) is 11.3 Å². The van der Waals surface area contributed by atoms with E-state index in [4.69, 9.17) is 5.26 Å². The molecular formula is C14H14BrN5. The van der Waals surface area contributed by atoms with Crippen molar-refractivity contribution in [3.63, 3.8) is 0 Å². The van der Waals surface area contributed by atoms with E-state index in [2.05, 4.69) is 49.5 Å². The Balaban J connectivity index is 2.20. The van der Waals surface area contributed by atoms with Gasteiger partial charge in [-0.05, 0) is 30.7 Å². The third kappa shape index (κ3) is 3.68. The molecule has 102 valence electrons. The van der Waals surface area contributed by atoms with Gasteiger partial charge in [0.1, 0.15) is 11.9 Å². The largest absolute Gasteiger partial charge is 0.354 e. The molecule has 2 rings (SSSR count). The van der Waals surface area contributed by atoms with Gasteiger partial charge in [-0.25, -0.2) is 4.98 Å². The minimum absolute atomic E-state index is 0.557. The van der Waals surface area contributed by atoms with Gasteiger partial charge in [0.15, 0.2) is 0 Å². The standard InChI is InChI=1S/C14H14BrN5/c1-2-6-17-14-18-7-5-13(20-14)19-12-4-3-11(15)8-10(12)9-16/h3-5,7-8H,2,6H2,1H3,(H2,17,18,19,20). The summed E-state index contributed by atoms with van der Waals surface area (Å²) in [6.45, 7) is 2.90. The van der Waals surface area contributed by atoms with Crippen LogP contribution in [0.15, 0.2) is 34.9 Å². The molecule has 0 spiro atoms. The highest BCUT2D eigenvalue weighted by molar-refractivity contribution is 9.10. The van der Waals surface area contributed by atoms with Crippen LogP contribution in [0.1, 0.15) is 18.9 Å². The van der Waals surface area contributed by atoms with Gasteiger partial charge < -0.3 is 10.6 Å². The predicted molar refractivity (Wildman–Crippen MR) is 83.0 cm³/mol. The monoisotopic (exact) mass is 331 g/mol. The molecule has 5 nitrogen and oxygen atoms in total. The van der Waals surface area contributed by atoms with Crippen LogP contribution in [0.4, 0.5) is 17.5 Å². The molecule has 0 aliphatic carbocycles. The lowest BCUT2D eigenvalue weighted by Crippen LogP contribution is -2.05. The van der Waals surface area contributed by atoms with Crippen LogP contribution >= 0.6 is 15.9 Å². The second-order valence-corrected chi connectivity index (χ2v) is 5.03. The number of aromatic nitrogens is 2. The van der Waals surface area contributed by atoms with E-state index in [1.54, 1.807) is 18.3 Å². The Morgan fingerprint density at radius 2 is 2.20 bits per heavy atom. The van der Waals surface area contributed by atoms with Gasteiger partial charge in [0.2, 0.25) is 5.95 Å². The van der Waals surface area contributed by atoms with E-state index < -0.39 is 0 Å². The first-order valence-corrected chi connectivity index (χ1v) is 7.06. The minimum atomic E-state index is 0.557. The molecule has 0 aliphatic rings. The van der Waals surface area contributed by atoms with Crippen molar-refractivity contribution in [3.05, 3.63) is 40.5 Å². The van der Waals surface area contributed by atoms with Crippen molar-refractivity contribution in [1.82, 2.24) is 9.97 Å². The molecule has 0 saturated carbocycles.